The zero-order valence-corrected chi connectivity index (χ0v) is 15.4. The second-order valence-electron chi connectivity index (χ2n) is 6.45. The van der Waals surface area contributed by atoms with Crippen LogP contribution in [-0.2, 0) is 6.18 Å². The first-order valence-electron chi connectivity index (χ1n) is 9.02. The van der Waals surface area contributed by atoms with Gasteiger partial charge in [-0.2, -0.15) is 18.2 Å². The lowest BCUT2D eigenvalue weighted by molar-refractivity contribution is -0.137. The highest BCUT2D eigenvalue weighted by Gasteiger charge is 2.34. The van der Waals surface area contributed by atoms with E-state index in [0.29, 0.717) is 11.7 Å². The fraction of sp³-hybridized carbons (Fsp3) is 0.421. The molecule has 0 radical (unpaired) electrons. The van der Waals surface area contributed by atoms with Gasteiger partial charge in [0, 0.05) is 19.2 Å². The summed E-state index contributed by atoms with van der Waals surface area (Å²) < 4.78 is 44.6. The lowest BCUT2D eigenvalue weighted by Gasteiger charge is -2.17. The maximum atomic E-state index is 13.0. The first-order chi connectivity index (χ1) is 13.3. The van der Waals surface area contributed by atoms with Gasteiger partial charge in [-0.05, 0) is 31.9 Å². The normalized spacial score (nSPS) is 14.2. The second kappa shape index (κ2) is 8.45. The minimum atomic E-state index is -4.59. The Morgan fingerprint density at radius 2 is 1.93 bits per heavy atom. The van der Waals surface area contributed by atoms with Crippen molar-refractivity contribution in [1.29, 1.82) is 0 Å². The van der Waals surface area contributed by atoms with Crippen molar-refractivity contribution in [2.24, 2.45) is 0 Å². The largest absolute Gasteiger partial charge is 0.476 e. The number of aromatic nitrogens is 2. The van der Waals surface area contributed by atoms with E-state index in [1.165, 1.54) is 12.1 Å². The van der Waals surface area contributed by atoms with Crippen LogP contribution in [0.4, 0.5) is 19.0 Å². The van der Waals surface area contributed by atoms with Gasteiger partial charge in [0.25, 0.3) is 5.91 Å². The van der Waals surface area contributed by atoms with E-state index in [0.717, 1.165) is 43.9 Å². The summed E-state index contributed by atoms with van der Waals surface area (Å²) in [6.45, 7) is 3.76. The monoisotopic (exact) mass is 394 g/mol. The molecule has 28 heavy (non-hydrogen) atoms. The molecule has 1 aromatic carbocycles. The van der Waals surface area contributed by atoms with Crippen LogP contribution in [0.15, 0.2) is 30.3 Å². The number of amides is 1. The van der Waals surface area contributed by atoms with Gasteiger partial charge in [0.2, 0.25) is 5.88 Å². The quantitative estimate of drug-likeness (QED) is 0.762. The standard InChI is InChI=1S/C19H21F3N4O2/c1-13-24-16(26-9-4-5-10-26)12-17(25-13)28-11-8-23-18(27)14-6-2-3-7-15(14)19(20,21)22/h2-3,6-7,12H,4-5,8-11H2,1H3,(H,23,27). The molecule has 0 spiro atoms. The number of hydrogen-bond donors (Lipinski definition) is 1. The molecule has 6 nitrogen and oxygen atoms in total. The molecule has 150 valence electrons. The number of ether oxygens (including phenoxy) is 1. The predicted molar refractivity (Wildman–Crippen MR) is 97.5 cm³/mol. The van der Waals surface area contributed by atoms with Gasteiger partial charge >= 0.3 is 6.18 Å². The number of carbonyl (C=O) groups excluding carboxylic acids is 1. The van der Waals surface area contributed by atoms with Gasteiger partial charge in [-0.3, -0.25) is 4.79 Å². The SMILES string of the molecule is Cc1nc(OCCNC(=O)c2ccccc2C(F)(F)F)cc(N2CCCC2)n1. The summed E-state index contributed by atoms with van der Waals surface area (Å²) in [7, 11) is 0. The number of carbonyl (C=O) groups is 1. The molecule has 1 fully saturated rings. The van der Waals surface area contributed by atoms with E-state index in [4.69, 9.17) is 4.74 Å². The maximum absolute atomic E-state index is 13.0. The Bertz CT molecular complexity index is 836. The molecule has 1 amide bonds. The molecular weight excluding hydrogens is 373 g/mol. The molecule has 1 aliphatic heterocycles. The number of anilines is 1. The zero-order chi connectivity index (χ0) is 20.1. The van der Waals surface area contributed by atoms with Crippen LogP contribution in [-0.4, -0.2) is 42.1 Å². The van der Waals surface area contributed by atoms with Crippen LogP contribution in [0.1, 0.15) is 34.6 Å². The average molecular weight is 394 g/mol. The van der Waals surface area contributed by atoms with E-state index in [-0.39, 0.29) is 13.2 Å². The number of aryl methyl sites for hydroxylation is 1. The van der Waals surface area contributed by atoms with Gasteiger partial charge in [0.1, 0.15) is 18.2 Å². The predicted octanol–water partition coefficient (Wildman–Crippen LogP) is 3.21. The van der Waals surface area contributed by atoms with Gasteiger partial charge in [0.15, 0.2) is 0 Å². The summed E-state index contributed by atoms with van der Waals surface area (Å²) in [5.41, 5.74) is -1.38. The van der Waals surface area contributed by atoms with Crippen molar-refractivity contribution in [3.63, 3.8) is 0 Å². The van der Waals surface area contributed by atoms with Crippen LogP contribution in [0.3, 0.4) is 0 Å². The summed E-state index contributed by atoms with van der Waals surface area (Å²) in [6, 6.07) is 6.41. The first-order valence-corrected chi connectivity index (χ1v) is 9.02. The molecule has 2 aromatic rings. The number of hydrogen-bond acceptors (Lipinski definition) is 5. The third-order valence-corrected chi connectivity index (χ3v) is 4.35. The number of benzene rings is 1. The second-order valence-corrected chi connectivity index (χ2v) is 6.45. The highest BCUT2D eigenvalue weighted by molar-refractivity contribution is 5.95. The van der Waals surface area contributed by atoms with Crippen LogP contribution in [0.5, 0.6) is 5.88 Å². The zero-order valence-electron chi connectivity index (χ0n) is 15.4. The number of alkyl halides is 3. The lowest BCUT2D eigenvalue weighted by Crippen LogP contribution is -2.30. The summed E-state index contributed by atoms with van der Waals surface area (Å²) in [4.78, 5) is 22.9. The Balaban J connectivity index is 1.56. The molecule has 0 aliphatic carbocycles. The van der Waals surface area contributed by atoms with Crippen LogP contribution in [0.25, 0.3) is 0 Å². The van der Waals surface area contributed by atoms with E-state index in [2.05, 4.69) is 20.2 Å². The van der Waals surface area contributed by atoms with Gasteiger partial charge in [-0.25, -0.2) is 4.98 Å². The van der Waals surface area contributed by atoms with Crippen LogP contribution < -0.4 is 15.0 Å². The molecule has 1 aliphatic rings. The molecule has 9 heteroatoms. The highest BCUT2D eigenvalue weighted by atomic mass is 19.4. The van der Waals surface area contributed by atoms with Crippen LogP contribution in [0, 0.1) is 6.92 Å². The Morgan fingerprint density at radius 3 is 2.64 bits per heavy atom. The van der Waals surface area contributed by atoms with Gasteiger partial charge in [-0.1, -0.05) is 12.1 Å². The van der Waals surface area contributed by atoms with E-state index < -0.39 is 23.2 Å². The smallest absolute Gasteiger partial charge is 0.417 e. The number of halogens is 3. The van der Waals surface area contributed by atoms with Crippen molar-refractivity contribution in [3.8, 4) is 5.88 Å². The average Bonchev–Trinajstić information content (AvgIpc) is 3.19. The summed E-state index contributed by atoms with van der Waals surface area (Å²) in [5.74, 6) is 0.943. The molecule has 2 heterocycles. The van der Waals surface area contributed by atoms with Crippen LogP contribution in [0.2, 0.25) is 0 Å². The maximum Gasteiger partial charge on any atom is 0.417 e. The Morgan fingerprint density at radius 1 is 1.21 bits per heavy atom. The number of nitrogens with one attached hydrogen (secondary N) is 1. The van der Waals surface area contributed by atoms with Gasteiger partial charge < -0.3 is 15.0 Å². The number of nitrogens with zero attached hydrogens (tertiary/aromatic N) is 3. The Kier molecular flexibility index (Phi) is 6.01. The van der Waals surface area contributed by atoms with E-state index in [1.807, 2.05) is 0 Å². The lowest BCUT2D eigenvalue weighted by atomic mass is 10.1. The van der Waals surface area contributed by atoms with Crippen molar-refractivity contribution in [1.82, 2.24) is 15.3 Å². The Hall–Kier alpha value is -2.84. The fourth-order valence-corrected chi connectivity index (χ4v) is 3.05. The minimum Gasteiger partial charge on any atom is -0.476 e. The molecule has 1 aromatic heterocycles. The first kappa shape index (κ1) is 19.9. The fourth-order valence-electron chi connectivity index (χ4n) is 3.05. The van der Waals surface area contributed by atoms with Crippen molar-refractivity contribution < 1.29 is 22.7 Å². The number of rotatable bonds is 6. The molecule has 0 atom stereocenters. The molecule has 1 saturated heterocycles. The summed E-state index contributed by atoms with van der Waals surface area (Å²) in [5, 5.41) is 2.45. The topological polar surface area (TPSA) is 67.3 Å². The molecule has 0 saturated carbocycles. The summed E-state index contributed by atoms with van der Waals surface area (Å²) >= 11 is 0. The van der Waals surface area contributed by atoms with E-state index >= 15 is 0 Å². The van der Waals surface area contributed by atoms with Crippen molar-refractivity contribution >= 4 is 11.7 Å². The third kappa shape index (κ3) is 4.90. The van der Waals surface area contributed by atoms with Crippen LogP contribution >= 0.6 is 0 Å². The molecular formula is C19H21F3N4O2. The highest BCUT2D eigenvalue weighted by Crippen LogP contribution is 2.31. The van der Waals surface area contributed by atoms with Gasteiger partial charge in [0.05, 0.1) is 17.7 Å². The summed E-state index contributed by atoms with van der Waals surface area (Å²) in [6.07, 6.45) is -2.36. The molecule has 3 rings (SSSR count). The molecule has 0 bridgehead atoms. The molecule has 1 N–H and O–H groups in total. The van der Waals surface area contributed by atoms with Gasteiger partial charge in [-0.15, -0.1) is 0 Å². The minimum absolute atomic E-state index is 0.0487. The van der Waals surface area contributed by atoms with E-state index in [9.17, 15) is 18.0 Å². The van der Waals surface area contributed by atoms with Crippen molar-refractivity contribution in [2.75, 3.05) is 31.1 Å². The van der Waals surface area contributed by atoms with Crippen molar-refractivity contribution in [3.05, 3.63) is 47.3 Å². The molecule has 0 unspecified atom stereocenters. The third-order valence-electron chi connectivity index (χ3n) is 4.35. The van der Waals surface area contributed by atoms with E-state index in [1.54, 1.807) is 13.0 Å². The van der Waals surface area contributed by atoms with Crippen molar-refractivity contribution in [2.45, 2.75) is 25.9 Å². The Labute approximate surface area is 160 Å².